The van der Waals surface area contributed by atoms with E-state index in [2.05, 4.69) is 20.9 Å². The summed E-state index contributed by atoms with van der Waals surface area (Å²) in [4.78, 5) is 16.6. The topological polar surface area (TPSA) is 68.1 Å². The van der Waals surface area contributed by atoms with Gasteiger partial charge in [0.05, 0.1) is 17.8 Å². The Hall–Kier alpha value is -3.09. The number of hydrogen-bond acceptors (Lipinski definition) is 5. The van der Waals surface area contributed by atoms with Crippen molar-refractivity contribution >= 4 is 51.5 Å². The number of nitrogens with zero attached hydrogens (tertiary/aromatic N) is 1. The van der Waals surface area contributed by atoms with E-state index < -0.39 is 5.97 Å². The first-order valence-corrected chi connectivity index (χ1v) is 9.98. The second kappa shape index (κ2) is 10.1. The van der Waals surface area contributed by atoms with Crippen LogP contribution in [0.4, 0.5) is 5.69 Å². The van der Waals surface area contributed by atoms with E-state index in [4.69, 9.17) is 21.1 Å². The largest absolute Gasteiger partial charge is 0.508 e. The van der Waals surface area contributed by atoms with E-state index in [0.29, 0.717) is 17.0 Å². The van der Waals surface area contributed by atoms with Gasteiger partial charge in [0.15, 0.2) is 11.5 Å². The maximum absolute atomic E-state index is 12.2. The summed E-state index contributed by atoms with van der Waals surface area (Å²) < 4.78 is 11.6. The van der Waals surface area contributed by atoms with Gasteiger partial charge in [-0.05, 0) is 65.7 Å². The Morgan fingerprint density at radius 2 is 1.87 bits per heavy atom. The fourth-order valence-electron chi connectivity index (χ4n) is 2.51. The van der Waals surface area contributed by atoms with Crippen molar-refractivity contribution in [2.45, 2.75) is 0 Å². The predicted octanol–water partition coefficient (Wildman–Crippen LogP) is 6.19. The van der Waals surface area contributed by atoms with Crippen molar-refractivity contribution in [2.24, 2.45) is 4.99 Å². The highest BCUT2D eigenvalue weighted by Crippen LogP contribution is 2.36. The Morgan fingerprint density at radius 3 is 2.57 bits per heavy atom. The number of phenols is 1. The fourth-order valence-corrected chi connectivity index (χ4v) is 3.18. The van der Waals surface area contributed by atoms with Crippen LogP contribution in [0.15, 0.2) is 76.2 Å². The van der Waals surface area contributed by atoms with Crippen molar-refractivity contribution in [3.63, 3.8) is 0 Å². The summed E-state index contributed by atoms with van der Waals surface area (Å²) in [5, 5.41) is 9.54. The number of carbonyl (C=O) groups excluding carboxylic acids is 1. The van der Waals surface area contributed by atoms with Crippen LogP contribution in [0.2, 0.25) is 5.02 Å². The minimum absolute atomic E-state index is 0.129. The summed E-state index contributed by atoms with van der Waals surface area (Å²) >= 11 is 9.70. The lowest BCUT2D eigenvalue weighted by Gasteiger charge is -2.11. The number of halogens is 2. The van der Waals surface area contributed by atoms with E-state index in [1.54, 1.807) is 48.7 Å². The molecule has 7 heteroatoms. The summed E-state index contributed by atoms with van der Waals surface area (Å²) in [5.41, 5.74) is 2.17. The molecule has 3 aromatic carbocycles. The summed E-state index contributed by atoms with van der Waals surface area (Å²) in [6.45, 7) is 0. The average Bonchev–Trinajstić information content (AvgIpc) is 2.73. The minimum Gasteiger partial charge on any atom is -0.508 e. The summed E-state index contributed by atoms with van der Waals surface area (Å²) in [7, 11) is 1.46. The molecular weight excluding hydrogens is 470 g/mol. The molecule has 3 aromatic rings. The third-order valence-corrected chi connectivity index (χ3v) is 4.70. The molecular formula is C23H17BrClNO4. The van der Waals surface area contributed by atoms with E-state index >= 15 is 0 Å². The quantitative estimate of drug-likeness (QED) is 0.195. The summed E-state index contributed by atoms with van der Waals surface area (Å²) in [6, 6.07) is 17.2. The molecule has 0 fully saturated rings. The van der Waals surface area contributed by atoms with Gasteiger partial charge in [0.1, 0.15) is 5.75 Å². The Kier molecular flexibility index (Phi) is 7.27. The van der Waals surface area contributed by atoms with Gasteiger partial charge < -0.3 is 14.6 Å². The molecule has 0 aliphatic carbocycles. The van der Waals surface area contributed by atoms with Crippen molar-refractivity contribution in [3.8, 4) is 17.2 Å². The van der Waals surface area contributed by atoms with Crippen molar-refractivity contribution in [2.75, 3.05) is 7.11 Å². The average molecular weight is 487 g/mol. The maximum atomic E-state index is 12.2. The molecule has 152 valence electrons. The van der Waals surface area contributed by atoms with Crippen LogP contribution in [0.3, 0.4) is 0 Å². The number of carbonyl (C=O) groups is 1. The van der Waals surface area contributed by atoms with Crippen LogP contribution < -0.4 is 9.47 Å². The SMILES string of the molecule is COc1cc(C=Nc2ccc(O)cc2)cc(Cl)c1OC(=O)/C=C/c1cccc(Br)c1. The summed E-state index contributed by atoms with van der Waals surface area (Å²) in [6.07, 6.45) is 4.56. The van der Waals surface area contributed by atoms with Crippen molar-refractivity contribution in [1.82, 2.24) is 0 Å². The van der Waals surface area contributed by atoms with Gasteiger partial charge in [-0.3, -0.25) is 4.99 Å². The highest BCUT2D eigenvalue weighted by molar-refractivity contribution is 9.10. The molecule has 3 rings (SSSR count). The van der Waals surface area contributed by atoms with Crippen molar-refractivity contribution in [1.29, 1.82) is 0 Å². The molecule has 0 amide bonds. The first-order valence-electron chi connectivity index (χ1n) is 8.80. The molecule has 0 heterocycles. The van der Waals surface area contributed by atoms with E-state index in [1.807, 2.05) is 24.3 Å². The molecule has 0 radical (unpaired) electrons. The number of aromatic hydroxyl groups is 1. The Morgan fingerprint density at radius 1 is 1.10 bits per heavy atom. The first-order chi connectivity index (χ1) is 14.4. The molecule has 0 saturated heterocycles. The van der Waals surface area contributed by atoms with Crippen LogP contribution in [-0.4, -0.2) is 24.4 Å². The van der Waals surface area contributed by atoms with E-state index in [-0.39, 0.29) is 16.5 Å². The summed E-state index contributed by atoms with van der Waals surface area (Å²) in [5.74, 6) is 0.0168. The van der Waals surface area contributed by atoms with Crippen LogP contribution in [0.25, 0.3) is 6.08 Å². The van der Waals surface area contributed by atoms with Gasteiger partial charge in [-0.15, -0.1) is 0 Å². The normalized spacial score (nSPS) is 11.2. The lowest BCUT2D eigenvalue weighted by Crippen LogP contribution is -2.06. The third-order valence-electron chi connectivity index (χ3n) is 3.93. The van der Waals surface area contributed by atoms with Crippen LogP contribution in [0.5, 0.6) is 17.2 Å². The predicted molar refractivity (Wildman–Crippen MR) is 122 cm³/mol. The molecule has 5 nitrogen and oxygen atoms in total. The Labute approximate surface area is 187 Å². The van der Waals surface area contributed by atoms with Crippen molar-refractivity contribution in [3.05, 3.63) is 87.4 Å². The zero-order valence-corrected chi connectivity index (χ0v) is 18.2. The van der Waals surface area contributed by atoms with Gasteiger partial charge in [0.2, 0.25) is 0 Å². The third kappa shape index (κ3) is 5.95. The second-order valence-electron chi connectivity index (χ2n) is 6.12. The number of esters is 1. The molecule has 0 saturated carbocycles. The number of rotatable bonds is 6. The molecule has 0 spiro atoms. The molecule has 0 aliphatic rings. The maximum Gasteiger partial charge on any atom is 0.336 e. The minimum atomic E-state index is -0.583. The van der Waals surface area contributed by atoms with Gasteiger partial charge in [-0.2, -0.15) is 0 Å². The zero-order chi connectivity index (χ0) is 21.5. The van der Waals surface area contributed by atoms with Gasteiger partial charge in [0, 0.05) is 16.8 Å². The molecule has 0 bridgehead atoms. The van der Waals surface area contributed by atoms with E-state index in [0.717, 1.165) is 10.0 Å². The number of benzene rings is 3. The van der Waals surface area contributed by atoms with E-state index in [1.165, 1.54) is 13.2 Å². The zero-order valence-electron chi connectivity index (χ0n) is 15.9. The van der Waals surface area contributed by atoms with Crippen molar-refractivity contribution < 1.29 is 19.4 Å². The highest BCUT2D eigenvalue weighted by atomic mass is 79.9. The van der Waals surface area contributed by atoms with Crippen LogP contribution >= 0.6 is 27.5 Å². The Balaban J connectivity index is 1.76. The number of hydrogen-bond donors (Lipinski definition) is 1. The monoisotopic (exact) mass is 485 g/mol. The number of ether oxygens (including phenoxy) is 2. The second-order valence-corrected chi connectivity index (χ2v) is 7.44. The first kappa shape index (κ1) is 21.6. The van der Waals surface area contributed by atoms with Crippen LogP contribution in [0, 0.1) is 0 Å². The highest BCUT2D eigenvalue weighted by Gasteiger charge is 2.14. The number of phenolic OH excluding ortho intramolecular Hbond substituents is 1. The molecule has 30 heavy (non-hydrogen) atoms. The number of methoxy groups -OCH3 is 1. The molecule has 1 N–H and O–H groups in total. The lowest BCUT2D eigenvalue weighted by molar-refractivity contribution is -0.129. The smallest absolute Gasteiger partial charge is 0.336 e. The van der Waals surface area contributed by atoms with Crippen LogP contribution in [0.1, 0.15) is 11.1 Å². The fraction of sp³-hybridized carbons (Fsp3) is 0.0435. The van der Waals surface area contributed by atoms with Gasteiger partial charge in [-0.1, -0.05) is 39.7 Å². The molecule has 0 atom stereocenters. The molecule has 0 aliphatic heterocycles. The van der Waals surface area contributed by atoms with E-state index in [9.17, 15) is 9.90 Å². The van der Waals surface area contributed by atoms with Crippen LogP contribution in [-0.2, 0) is 4.79 Å². The molecule has 0 aromatic heterocycles. The standard InChI is InChI=1S/C23H17BrClNO4/c1-29-21-13-16(14-26-18-6-8-19(27)9-7-18)12-20(25)23(21)30-22(28)10-5-15-3-2-4-17(24)11-15/h2-14,27H,1H3/b10-5+,26-14?. The molecule has 0 unspecified atom stereocenters. The Bertz CT molecular complexity index is 1110. The number of aliphatic imine (C=N–C) groups is 1. The van der Waals surface area contributed by atoms with Gasteiger partial charge in [0.25, 0.3) is 0 Å². The van der Waals surface area contributed by atoms with Gasteiger partial charge >= 0.3 is 5.97 Å². The lowest BCUT2D eigenvalue weighted by atomic mass is 10.2. The van der Waals surface area contributed by atoms with Gasteiger partial charge in [-0.25, -0.2) is 4.79 Å².